The van der Waals surface area contributed by atoms with Crippen LogP contribution in [-0.2, 0) is 0 Å². The fourth-order valence-corrected chi connectivity index (χ4v) is 1.47. The highest BCUT2D eigenvalue weighted by Gasteiger charge is 2.00. The molecule has 0 amide bonds. The van der Waals surface area contributed by atoms with Gasteiger partial charge in [0.05, 0.1) is 12.7 Å². The number of aliphatic hydroxyl groups excluding tert-OH is 3. The average molecular weight is 204 g/mol. The summed E-state index contributed by atoms with van der Waals surface area (Å²) in [6.07, 6.45) is 7.98. The molecule has 0 saturated heterocycles. The Labute approximate surface area is 86.8 Å². The van der Waals surface area contributed by atoms with Crippen LogP contribution in [0, 0.1) is 0 Å². The summed E-state index contributed by atoms with van der Waals surface area (Å²) in [5.41, 5.74) is 0. The van der Waals surface area contributed by atoms with Crippen LogP contribution in [0.15, 0.2) is 0 Å². The molecule has 0 saturated carbocycles. The van der Waals surface area contributed by atoms with Gasteiger partial charge < -0.3 is 15.3 Å². The molecular weight excluding hydrogens is 180 g/mol. The Morgan fingerprint density at radius 2 is 1.21 bits per heavy atom. The number of hydrogen-bond acceptors (Lipinski definition) is 3. The molecule has 1 atom stereocenters. The smallest absolute Gasteiger partial charge is 0.0770 e. The molecule has 3 nitrogen and oxygen atoms in total. The second-order valence-electron chi connectivity index (χ2n) is 3.82. The zero-order valence-electron chi connectivity index (χ0n) is 8.99. The molecule has 0 aliphatic rings. The molecule has 0 heterocycles. The second kappa shape index (κ2) is 11.0. The van der Waals surface area contributed by atoms with E-state index in [0.29, 0.717) is 13.0 Å². The molecule has 0 fully saturated rings. The molecule has 0 spiro atoms. The van der Waals surface area contributed by atoms with Crippen LogP contribution < -0.4 is 0 Å². The SMILES string of the molecule is OCCCCCCCCC[C@H](O)CO. The minimum atomic E-state index is -0.524. The standard InChI is InChI=1S/C11H24O3/c12-9-7-5-3-1-2-4-6-8-11(14)10-13/h11-14H,1-10H2/t11-/m0/s1. The van der Waals surface area contributed by atoms with E-state index in [-0.39, 0.29) is 6.61 Å². The van der Waals surface area contributed by atoms with Gasteiger partial charge in [-0.25, -0.2) is 0 Å². The topological polar surface area (TPSA) is 60.7 Å². The van der Waals surface area contributed by atoms with Gasteiger partial charge in [0, 0.05) is 6.61 Å². The highest BCUT2D eigenvalue weighted by molar-refractivity contribution is 4.53. The van der Waals surface area contributed by atoms with Gasteiger partial charge in [-0.15, -0.1) is 0 Å². The van der Waals surface area contributed by atoms with Gasteiger partial charge in [-0.1, -0.05) is 38.5 Å². The summed E-state index contributed by atoms with van der Waals surface area (Å²) in [5, 5.41) is 26.2. The average Bonchev–Trinajstić information content (AvgIpc) is 2.21. The Kier molecular flexibility index (Phi) is 10.9. The first-order valence-corrected chi connectivity index (χ1v) is 5.71. The van der Waals surface area contributed by atoms with E-state index in [9.17, 15) is 0 Å². The lowest BCUT2D eigenvalue weighted by atomic mass is 10.1. The van der Waals surface area contributed by atoms with Gasteiger partial charge >= 0.3 is 0 Å². The Balaban J connectivity index is 2.92. The zero-order chi connectivity index (χ0) is 10.6. The molecule has 86 valence electrons. The van der Waals surface area contributed by atoms with E-state index in [2.05, 4.69) is 0 Å². The first kappa shape index (κ1) is 13.9. The molecule has 0 aromatic carbocycles. The maximum Gasteiger partial charge on any atom is 0.0770 e. The van der Waals surface area contributed by atoms with Gasteiger partial charge in [0.2, 0.25) is 0 Å². The van der Waals surface area contributed by atoms with Crippen molar-refractivity contribution in [1.82, 2.24) is 0 Å². The van der Waals surface area contributed by atoms with Gasteiger partial charge in [0.25, 0.3) is 0 Å². The van der Waals surface area contributed by atoms with E-state index in [1.54, 1.807) is 0 Å². The van der Waals surface area contributed by atoms with Crippen molar-refractivity contribution in [3.05, 3.63) is 0 Å². The van der Waals surface area contributed by atoms with Crippen molar-refractivity contribution in [2.24, 2.45) is 0 Å². The van der Waals surface area contributed by atoms with Crippen LogP contribution in [0.5, 0.6) is 0 Å². The Bertz CT molecular complexity index is 107. The van der Waals surface area contributed by atoms with Crippen LogP contribution in [0.4, 0.5) is 0 Å². The molecule has 14 heavy (non-hydrogen) atoms. The molecule has 0 rings (SSSR count). The molecule has 0 unspecified atom stereocenters. The summed E-state index contributed by atoms with van der Waals surface area (Å²) < 4.78 is 0. The van der Waals surface area contributed by atoms with Crippen molar-refractivity contribution in [2.75, 3.05) is 13.2 Å². The summed E-state index contributed by atoms with van der Waals surface area (Å²) in [7, 11) is 0. The maximum absolute atomic E-state index is 9.05. The summed E-state index contributed by atoms with van der Waals surface area (Å²) in [4.78, 5) is 0. The van der Waals surface area contributed by atoms with Crippen LogP contribution in [0.1, 0.15) is 51.4 Å². The van der Waals surface area contributed by atoms with Crippen molar-refractivity contribution >= 4 is 0 Å². The van der Waals surface area contributed by atoms with Crippen molar-refractivity contribution in [3.63, 3.8) is 0 Å². The van der Waals surface area contributed by atoms with Crippen molar-refractivity contribution in [2.45, 2.75) is 57.5 Å². The van der Waals surface area contributed by atoms with E-state index in [1.807, 2.05) is 0 Å². The number of rotatable bonds is 10. The summed E-state index contributed by atoms with van der Waals surface area (Å²) >= 11 is 0. The predicted octanol–water partition coefficient (Wildman–Crippen LogP) is 1.45. The quantitative estimate of drug-likeness (QED) is 0.472. The van der Waals surface area contributed by atoms with Crippen LogP contribution in [0.25, 0.3) is 0 Å². The molecule has 3 heteroatoms. The van der Waals surface area contributed by atoms with E-state index >= 15 is 0 Å². The Hall–Kier alpha value is -0.120. The summed E-state index contributed by atoms with van der Waals surface area (Å²) in [6, 6.07) is 0. The van der Waals surface area contributed by atoms with E-state index < -0.39 is 6.10 Å². The van der Waals surface area contributed by atoms with Gasteiger partial charge in [0.15, 0.2) is 0 Å². The molecule has 0 bridgehead atoms. The fourth-order valence-electron chi connectivity index (χ4n) is 1.47. The predicted molar refractivity (Wildman–Crippen MR) is 57.1 cm³/mol. The third kappa shape index (κ3) is 9.96. The Morgan fingerprint density at radius 1 is 0.714 bits per heavy atom. The molecular formula is C11H24O3. The number of aliphatic hydroxyl groups is 3. The molecule has 3 N–H and O–H groups in total. The molecule has 0 radical (unpaired) electrons. The lowest BCUT2D eigenvalue weighted by Crippen LogP contribution is -2.10. The normalized spacial score (nSPS) is 13.1. The third-order valence-electron chi connectivity index (χ3n) is 2.41. The molecule has 0 aliphatic carbocycles. The fraction of sp³-hybridized carbons (Fsp3) is 1.00. The molecule has 0 aromatic rings. The van der Waals surface area contributed by atoms with Crippen LogP contribution in [0.3, 0.4) is 0 Å². The lowest BCUT2D eigenvalue weighted by Gasteiger charge is -2.05. The summed E-state index contributed by atoms with van der Waals surface area (Å²) in [5.74, 6) is 0. The van der Waals surface area contributed by atoms with Gasteiger partial charge in [0.1, 0.15) is 0 Å². The minimum absolute atomic E-state index is 0.115. The van der Waals surface area contributed by atoms with Crippen LogP contribution in [0.2, 0.25) is 0 Å². The minimum Gasteiger partial charge on any atom is -0.396 e. The van der Waals surface area contributed by atoms with Gasteiger partial charge in [-0.3, -0.25) is 0 Å². The van der Waals surface area contributed by atoms with Crippen molar-refractivity contribution in [1.29, 1.82) is 0 Å². The van der Waals surface area contributed by atoms with Crippen molar-refractivity contribution < 1.29 is 15.3 Å². The molecule has 0 aliphatic heterocycles. The van der Waals surface area contributed by atoms with E-state index in [1.165, 1.54) is 19.3 Å². The van der Waals surface area contributed by atoms with Gasteiger partial charge in [-0.05, 0) is 12.8 Å². The highest BCUT2D eigenvalue weighted by Crippen LogP contribution is 2.09. The first-order valence-electron chi connectivity index (χ1n) is 5.71. The van der Waals surface area contributed by atoms with Gasteiger partial charge in [-0.2, -0.15) is 0 Å². The van der Waals surface area contributed by atoms with E-state index in [0.717, 1.165) is 25.7 Å². The Morgan fingerprint density at radius 3 is 1.71 bits per heavy atom. The van der Waals surface area contributed by atoms with Crippen LogP contribution in [-0.4, -0.2) is 34.6 Å². The number of hydrogen-bond donors (Lipinski definition) is 3. The van der Waals surface area contributed by atoms with E-state index in [4.69, 9.17) is 15.3 Å². The third-order valence-corrected chi connectivity index (χ3v) is 2.41. The largest absolute Gasteiger partial charge is 0.396 e. The highest BCUT2D eigenvalue weighted by atomic mass is 16.3. The second-order valence-corrected chi connectivity index (χ2v) is 3.82. The van der Waals surface area contributed by atoms with Crippen LogP contribution >= 0.6 is 0 Å². The lowest BCUT2D eigenvalue weighted by molar-refractivity contribution is 0.0860. The maximum atomic E-state index is 9.05. The zero-order valence-corrected chi connectivity index (χ0v) is 8.99. The molecule has 0 aromatic heterocycles. The first-order chi connectivity index (χ1) is 6.81. The van der Waals surface area contributed by atoms with Crippen molar-refractivity contribution in [3.8, 4) is 0 Å². The number of unbranched alkanes of at least 4 members (excludes halogenated alkanes) is 6. The monoisotopic (exact) mass is 204 g/mol. The summed E-state index contributed by atoms with van der Waals surface area (Å²) in [6.45, 7) is 0.194.